The summed E-state index contributed by atoms with van der Waals surface area (Å²) in [5, 5.41) is 24.3. The first-order valence-electron chi connectivity index (χ1n) is 9.61. The molecule has 0 saturated carbocycles. The third kappa shape index (κ3) is 3.84. The van der Waals surface area contributed by atoms with Crippen LogP contribution in [-0.4, -0.2) is 36.0 Å². The molecule has 0 bridgehead atoms. The van der Waals surface area contributed by atoms with Crippen LogP contribution in [0.3, 0.4) is 0 Å². The highest BCUT2D eigenvalue weighted by atomic mass is 16.3. The van der Waals surface area contributed by atoms with Crippen LogP contribution in [0.5, 0.6) is 11.5 Å². The molecule has 0 fully saturated rings. The van der Waals surface area contributed by atoms with E-state index >= 15 is 0 Å². The Morgan fingerprint density at radius 3 is 2.16 bits per heavy atom. The second-order valence-corrected chi connectivity index (χ2v) is 6.91. The molecule has 0 radical (unpaired) electrons. The molecule has 7 heteroatoms. The Labute approximate surface area is 177 Å². The number of phenolic OH excluding ortho intramolecular Hbond substituents is 2. The number of aliphatic imine (C=N–C) groups is 1. The summed E-state index contributed by atoms with van der Waals surface area (Å²) in [4.78, 5) is 13.7. The second-order valence-electron chi connectivity index (χ2n) is 6.91. The van der Waals surface area contributed by atoms with E-state index in [0.717, 1.165) is 22.0 Å². The van der Waals surface area contributed by atoms with Gasteiger partial charge in [-0.05, 0) is 65.7 Å². The normalized spacial score (nSPS) is 11.9. The minimum absolute atomic E-state index is 0.200. The van der Waals surface area contributed by atoms with Crippen LogP contribution < -0.4 is 0 Å². The molecule has 0 unspecified atom stereocenters. The van der Waals surface area contributed by atoms with Crippen LogP contribution in [0.15, 0.2) is 77.8 Å². The van der Waals surface area contributed by atoms with E-state index in [1.54, 1.807) is 47.1 Å². The fourth-order valence-electron chi connectivity index (χ4n) is 3.18. The number of rotatable bonds is 4. The van der Waals surface area contributed by atoms with Gasteiger partial charge in [-0.3, -0.25) is 0 Å². The first kappa shape index (κ1) is 18.5. The highest BCUT2D eigenvalue weighted by molar-refractivity contribution is 5.92. The maximum atomic E-state index is 9.47. The largest absolute Gasteiger partial charge is 0.508 e. The number of hydrogen-bond donors (Lipinski definition) is 2. The number of hydrogen-bond acceptors (Lipinski definition) is 6. The summed E-state index contributed by atoms with van der Waals surface area (Å²) in [6.07, 6.45) is 5.40. The lowest BCUT2D eigenvalue weighted by molar-refractivity contribution is 0.474. The molecule has 0 aliphatic heterocycles. The van der Waals surface area contributed by atoms with Crippen molar-refractivity contribution in [2.45, 2.75) is 0 Å². The van der Waals surface area contributed by atoms with Crippen molar-refractivity contribution in [3.8, 4) is 11.5 Å². The molecule has 0 saturated heterocycles. The monoisotopic (exact) mass is 407 g/mol. The number of benzene rings is 3. The van der Waals surface area contributed by atoms with E-state index in [9.17, 15) is 10.2 Å². The molecule has 0 aliphatic rings. The minimum atomic E-state index is 0.200. The molecular formula is C24H17N5O2. The van der Waals surface area contributed by atoms with Gasteiger partial charge in [0.1, 0.15) is 11.5 Å². The highest BCUT2D eigenvalue weighted by Gasteiger charge is 2.11. The Balaban J connectivity index is 1.59. The molecule has 5 rings (SSSR count). The fourth-order valence-corrected chi connectivity index (χ4v) is 3.18. The van der Waals surface area contributed by atoms with E-state index in [1.807, 2.05) is 48.6 Å². The van der Waals surface area contributed by atoms with Crippen molar-refractivity contribution in [2.24, 2.45) is 4.99 Å². The predicted molar refractivity (Wildman–Crippen MR) is 121 cm³/mol. The summed E-state index contributed by atoms with van der Waals surface area (Å²) in [7, 11) is 0. The summed E-state index contributed by atoms with van der Waals surface area (Å²) in [6, 6.07) is 21.4. The van der Waals surface area contributed by atoms with Gasteiger partial charge in [-0.2, -0.15) is 9.50 Å². The predicted octanol–water partition coefficient (Wildman–Crippen LogP) is 4.61. The van der Waals surface area contributed by atoms with Crippen molar-refractivity contribution in [1.29, 1.82) is 0 Å². The SMILES string of the molecule is Oc1ccc(/C=C/c2nc3ccccc3c3nc(/N=C/c4ccc(O)cc4)nn23)cc1. The first-order chi connectivity index (χ1) is 15.2. The molecule has 3 aromatic carbocycles. The van der Waals surface area contributed by atoms with Gasteiger partial charge >= 0.3 is 0 Å². The number of aromatic nitrogens is 4. The third-order valence-corrected chi connectivity index (χ3v) is 4.73. The molecule has 0 spiro atoms. The zero-order valence-electron chi connectivity index (χ0n) is 16.3. The smallest absolute Gasteiger partial charge is 0.269 e. The van der Waals surface area contributed by atoms with E-state index in [0.29, 0.717) is 17.4 Å². The van der Waals surface area contributed by atoms with Gasteiger partial charge in [-0.1, -0.05) is 30.3 Å². The summed E-state index contributed by atoms with van der Waals surface area (Å²) >= 11 is 0. The first-order valence-corrected chi connectivity index (χ1v) is 9.61. The Morgan fingerprint density at radius 1 is 0.742 bits per heavy atom. The van der Waals surface area contributed by atoms with E-state index in [4.69, 9.17) is 4.98 Å². The molecule has 2 aromatic heterocycles. The van der Waals surface area contributed by atoms with Crippen LogP contribution in [0.1, 0.15) is 17.0 Å². The Morgan fingerprint density at radius 2 is 1.42 bits per heavy atom. The molecule has 2 heterocycles. The second kappa shape index (κ2) is 7.72. The third-order valence-electron chi connectivity index (χ3n) is 4.73. The number of fused-ring (bicyclic) bond motifs is 3. The van der Waals surface area contributed by atoms with Gasteiger partial charge in [0.25, 0.3) is 5.95 Å². The van der Waals surface area contributed by atoms with E-state index < -0.39 is 0 Å². The number of nitrogens with zero attached hydrogens (tertiary/aromatic N) is 5. The van der Waals surface area contributed by atoms with Gasteiger partial charge in [-0.15, -0.1) is 5.10 Å². The summed E-state index contributed by atoms with van der Waals surface area (Å²) in [5.41, 5.74) is 3.22. The van der Waals surface area contributed by atoms with Crippen molar-refractivity contribution in [1.82, 2.24) is 19.6 Å². The standard InChI is InChI=1S/C24H17N5O2/c30-18-10-5-16(6-11-18)9-14-22-26-21-4-2-1-3-20(21)23-27-24(28-29(22)23)25-15-17-7-12-19(31)13-8-17/h1-15,30-31H/b14-9+,25-15+. The molecule has 31 heavy (non-hydrogen) atoms. The lowest BCUT2D eigenvalue weighted by Gasteiger charge is -2.02. The zero-order valence-corrected chi connectivity index (χ0v) is 16.3. The van der Waals surface area contributed by atoms with Crippen molar-refractivity contribution in [3.05, 3.63) is 89.7 Å². The van der Waals surface area contributed by atoms with Crippen LogP contribution >= 0.6 is 0 Å². The molecule has 0 aliphatic carbocycles. The molecule has 2 N–H and O–H groups in total. The number of aromatic hydroxyl groups is 2. The van der Waals surface area contributed by atoms with E-state index in [1.165, 1.54) is 0 Å². The zero-order chi connectivity index (χ0) is 21.2. The lowest BCUT2D eigenvalue weighted by Crippen LogP contribution is -1.98. The van der Waals surface area contributed by atoms with Crippen molar-refractivity contribution in [3.63, 3.8) is 0 Å². The van der Waals surface area contributed by atoms with Crippen LogP contribution in [0.25, 0.3) is 28.7 Å². The van der Waals surface area contributed by atoms with E-state index in [-0.39, 0.29) is 11.5 Å². The number of phenols is 2. The van der Waals surface area contributed by atoms with Gasteiger partial charge in [0, 0.05) is 11.6 Å². The summed E-state index contributed by atoms with van der Waals surface area (Å²) in [6.45, 7) is 0. The van der Waals surface area contributed by atoms with Crippen LogP contribution in [0, 0.1) is 0 Å². The van der Waals surface area contributed by atoms with Gasteiger partial charge in [-0.25, -0.2) is 9.98 Å². The van der Waals surface area contributed by atoms with E-state index in [2.05, 4.69) is 15.1 Å². The molecule has 0 atom stereocenters. The molecular weight excluding hydrogens is 390 g/mol. The minimum Gasteiger partial charge on any atom is -0.508 e. The topological polar surface area (TPSA) is 95.9 Å². The summed E-state index contributed by atoms with van der Waals surface area (Å²) < 4.78 is 1.67. The van der Waals surface area contributed by atoms with Crippen LogP contribution in [0.4, 0.5) is 5.95 Å². The quantitative estimate of drug-likeness (QED) is 0.424. The molecule has 150 valence electrons. The maximum absolute atomic E-state index is 9.47. The van der Waals surface area contributed by atoms with Crippen LogP contribution in [-0.2, 0) is 0 Å². The number of para-hydroxylation sites is 1. The Kier molecular flexibility index (Phi) is 4.61. The lowest BCUT2D eigenvalue weighted by atomic mass is 10.2. The average molecular weight is 407 g/mol. The van der Waals surface area contributed by atoms with Gasteiger partial charge in [0.05, 0.1) is 5.52 Å². The average Bonchev–Trinajstić information content (AvgIpc) is 3.23. The molecule has 5 aromatic rings. The Bertz CT molecular complexity index is 1440. The van der Waals surface area contributed by atoms with Crippen molar-refractivity contribution in [2.75, 3.05) is 0 Å². The van der Waals surface area contributed by atoms with Crippen LogP contribution in [0.2, 0.25) is 0 Å². The van der Waals surface area contributed by atoms with Crippen molar-refractivity contribution < 1.29 is 10.2 Å². The van der Waals surface area contributed by atoms with Gasteiger partial charge < -0.3 is 10.2 Å². The highest BCUT2D eigenvalue weighted by Crippen LogP contribution is 2.22. The molecule has 7 nitrogen and oxygen atoms in total. The van der Waals surface area contributed by atoms with Gasteiger partial charge in [0.15, 0.2) is 11.5 Å². The molecule has 0 amide bonds. The fraction of sp³-hybridized carbons (Fsp3) is 0. The summed E-state index contributed by atoms with van der Waals surface area (Å²) in [5.74, 6) is 1.34. The maximum Gasteiger partial charge on any atom is 0.269 e. The van der Waals surface area contributed by atoms with Gasteiger partial charge in [0.2, 0.25) is 0 Å². The van der Waals surface area contributed by atoms with Crippen molar-refractivity contribution >= 4 is 40.9 Å². The Hall–Kier alpha value is -4.52.